The molecule has 0 atom stereocenters. The molecule has 11 nitrogen and oxygen atoms in total. The molecule has 42 heavy (non-hydrogen) atoms. The highest BCUT2D eigenvalue weighted by atomic mass is 32.2. The number of amides is 1. The van der Waals surface area contributed by atoms with Gasteiger partial charge in [0, 0.05) is 16.9 Å². The van der Waals surface area contributed by atoms with E-state index in [0.29, 0.717) is 5.69 Å². The van der Waals surface area contributed by atoms with Crippen LogP contribution in [-0.4, -0.2) is 32.3 Å². The molecule has 3 N–H and O–H groups in total. The predicted octanol–water partition coefficient (Wildman–Crippen LogP) is 3.18. The molecule has 0 aliphatic heterocycles. The molecule has 1 aromatic heterocycles. The van der Waals surface area contributed by atoms with Crippen LogP contribution >= 0.6 is 0 Å². The Bertz CT molecular complexity index is 2000. The van der Waals surface area contributed by atoms with Gasteiger partial charge in [0.1, 0.15) is 6.54 Å². The molecule has 0 aliphatic carbocycles. The summed E-state index contributed by atoms with van der Waals surface area (Å²) in [5.41, 5.74) is 1.36. The minimum Gasteiger partial charge on any atom is -0.325 e. The smallest absolute Gasteiger partial charge is 0.325 e. The molecular formula is C29H30N4O7S2. The average Bonchev–Trinajstić information content (AvgIpc) is 2.91. The van der Waals surface area contributed by atoms with Gasteiger partial charge in [0.05, 0.1) is 21.2 Å². The van der Waals surface area contributed by atoms with Gasteiger partial charge in [-0.3, -0.25) is 23.9 Å². The number of aryl methyl sites for hydroxylation is 2. The number of aromatic amines is 1. The van der Waals surface area contributed by atoms with E-state index in [-0.39, 0.29) is 32.3 Å². The predicted molar refractivity (Wildman–Crippen MR) is 160 cm³/mol. The zero-order chi connectivity index (χ0) is 30.8. The summed E-state index contributed by atoms with van der Waals surface area (Å²) in [5.74, 6) is -1.18. The first kappa shape index (κ1) is 30.5. The molecule has 3 aromatic carbocycles. The molecule has 220 valence electrons. The van der Waals surface area contributed by atoms with Crippen molar-refractivity contribution in [1.29, 1.82) is 0 Å². The van der Waals surface area contributed by atoms with Gasteiger partial charge in [0.25, 0.3) is 15.6 Å². The summed E-state index contributed by atoms with van der Waals surface area (Å²) in [6.07, 6.45) is 0. The van der Waals surface area contributed by atoms with Crippen LogP contribution < -0.4 is 21.3 Å². The third-order valence-electron chi connectivity index (χ3n) is 6.75. The number of carbonyl (C=O) groups excluding carboxylic acids is 1. The Balaban J connectivity index is 1.69. The van der Waals surface area contributed by atoms with Gasteiger partial charge in [0.2, 0.25) is 5.91 Å². The van der Waals surface area contributed by atoms with E-state index < -0.39 is 49.3 Å². The van der Waals surface area contributed by atoms with Crippen molar-refractivity contribution < 1.29 is 21.6 Å². The summed E-state index contributed by atoms with van der Waals surface area (Å²) in [6, 6.07) is 16.6. The van der Waals surface area contributed by atoms with Crippen LogP contribution in [0.4, 0.5) is 11.4 Å². The fraction of sp³-hybridized carbons (Fsp3) is 0.207. The van der Waals surface area contributed by atoms with Gasteiger partial charge in [-0.05, 0) is 75.7 Å². The Labute approximate surface area is 243 Å². The number of H-pyrrole nitrogens is 1. The molecule has 13 heteroatoms. The minimum atomic E-state index is -4.07. The normalized spacial score (nSPS) is 11.7. The molecule has 0 radical (unpaired) electrons. The van der Waals surface area contributed by atoms with Crippen LogP contribution in [0.5, 0.6) is 0 Å². The van der Waals surface area contributed by atoms with Crippen molar-refractivity contribution >= 4 is 37.1 Å². The van der Waals surface area contributed by atoms with Gasteiger partial charge in [-0.1, -0.05) is 35.4 Å². The van der Waals surface area contributed by atoms with Gasteiger partial charge >= 0.3 is 5.69 Å². The van der Waals surface area contributed by atoms with Crippen LogP contribution in [0, 0.1) is 27.7 Å². The lowest BCUT2D eigenvalue weighted by molar-refractivity contribution is -0.116. The number of hydrogen-bond donors (Lipinski definition) is 3. The summed E-state index contributed by atoms with van der Waals surface area (Å²) >= 11 is 0. The highest BCUT2D eigenvalue weighted by Gasteiger charge is 2.22. The molecule has 0 aliphatic rings. The Hall–Kier alpha value is -4.49. The zero-order valence-corrected chi connectivity index (χ0v) is 25.0. The number of benzene rings is 3. The van der Waals surface area contributed by atoms with Gasteiger partial charge in [-0.2, -0.15) is 0 Å². The third kappa shape index (κ3) is 6.86. The van der Waals surface area contributed by atoms with E-state index in [1.807, 2.05) is 13.8 Å². The number of anilines is 2. The second-order valence-electron chi connectivity index (χ2n) is 9.97. The Morgan fingerprint density at radius 3 is 1.98 bits per heavy atom. The van der Waals surface area contributed by atoms with Gasteiger partial charge in [-0.15, -0.1) is 0 Å². The van der Waals surface area contributed by atoms with Crippen LogP contribution in [0.3, 0.4) is 0 Å². The largest absolute Gasteiger partial charge is 0.329 e. The number of hydrogen-bond acceptors (Lipinski definition) is 7. The third-order valence-corrected chi connectivity index (χ3v) is 9.81. The molecular weight excluding hydrogens is 580 g/mol. The van der Waals surface area contributed by atoms with E-state index in [2.05, 4.69) is 15.0 Å². The minimum absolute atomic E-state index is 0.00479. The summed E-state index contributed by atoms with van der Waals surface area (Å²) in [7, 11) is -7.99. The van der Waals surface area contributed by atoms with E-state index in [9.17, 15) is 31.2 Å². The highest BCUT2D eigenvalue weighted by molar-refractivity contribution is 7.92. The molecule has 0 unspecified atom stereocenters. The molecule has 0 saturated carbocycles. The standard InChI is InChI=1S/C29H30N4O7S2/c1-18-5-10-24(11-6-18)41(37,38)17-22-15-23(30-27(34)16-33-21(4)20(3)28(35)31-29(33)36)9-14-26(22)32-42(39,40)25-12-7-19(2)8-13-25/h5-15,32H,16-17H2,1-4H3,(H,30,34)(H,31,35,36). The van der Waals surface area contributed by atoms with Gasteiger partial charge in [0.15, 0.2) is 9.84 Å². The van der Waals surface area contributed by atoms with E-state index in [1.54, 1.807) is 31.2 Å². The number of carbonyl (C=O) groups is 1. The fourth-order valence-corrected chi connectivity index (χ4v) is 6.62. The van der Waals surface area contributed by atoms with Crippen molar-refractivity contribution in [1.82, 2.24) is 9.55 Å². The lowest BCUT2D eigenvalue weighted by Crippen LogP contribution is -2.36. The number of rotatable bonds is 9. The topological polar surface area (TPSA) is 164 Å². The first-order chi connectivity index (χ1) is 19.7. The Morgan fingerprint density at radius 2 is 1.38 bits per heavy atom. The van der Waals surface area contributed by atoms with Crippen LogP contribution in [-0.2, 0) is 37.0 Å². The van der Waals surface area contributed by atoms with Crippen molar-refractivity contribution in [2.24, 2.45) is 0 Å². The van der Waals surface area contributed by atoms with E-state index in [0.717, 1.165) is 15.7 Å². The van der Waals surface area contributed by atoms with Crippen LogP contribution in [0.25, 0.3) is 0 Å². The molecule has 4 rings (SSSR count). The summed E-state index contributed by atoms with van der Waals surface area (Å²) in [4.78, 5) is 39.2. The molecule has 0 saturated heterocycles. The van der Waals surface area contributed by atoms with E-state index in [4.69, 9.17) is 0 Å². The van der Waals surface area contributed by atoms with Crippen LogP contribution in [0.1, 0.15) is 27.9 Å². The molecule has 1 amide bonds. The number of sulfone groups is 1. The SMILES string of the molecule is Cc1ccc(S(=O)(=O)Cc2cc(NC(=O)Cn3c(C)c(C)c(=O)[nH]c3=O)ccc2NS(=O)(=O)c2ccc(C)cc2)cc1. The molecule has 1 heterocycles. The molecule has 0 bridgehead atoms. The first-order valence-electron chi connectivity index (χ1n) is 12.8. The van der Waals surface area contributed by atoms with Gasteiger partial charge in [-0.25, -0.2) is 21.6 Å². The zero-order valence-electron chi connectivity index (χ0n) is 23.4. The number of sulfonamides is 1. The summed E-state index contributed by atoms with van der Waals surface area (Å²) < 4.78 is 56.5. The number of nitrogens with one attached hydrogen (secondary N) is 3. The maximum absolute atomic E-state index is 13.3. The van der Waals surface area contributed by atoms with Crippen LogP contribution in [0.15, 0.2) is 86.1 Å². The lowest BCUT2D eigenvalue weighted by atomic mass is 10.2. The van der Waals surface area contributed by atoms with E-state index in [1.165, 1.54) is 49.4 Å². The molecule has 4 aromatic rings. The highest BCUT2D eigenvalue weighted by Crippen LogP contribution is 2.28. The van der Waals surface area contributed by atoms with Crippen molar-refractivity contribution in [2.45, 2.75) is 49.8 Å². The summed E-state index contributed by atoms with van der Waals surface area (Å²) in [6.45, 7) is 6.30. The van der Waals surface area contributed by atoms with E-state index >= 15 is 0 Å². The molecule has 0 spiro atoms. The quantitative estimate of drug-likeness (QED) is 0.262. The fourth-order valence-electron chi connectivity index (χ4n) is 4.16. The second-order valence-corrected chi connectivity index (χ2v) is 13.6. The first-order valence-corrected chi connectivity index (χ1v) is 15.9. The van der Waals surface area contributed by atoms with Crippen molar-refractivity contribution in [3.63, 3.8) is 0 Å². The monoisotopic (exact) mass is 610 g/mol. The number of nitrogens with zero attached hydrogens (tertiary/aromatic N) is 1. The van der Waals surface area contributed by atoms with Gasteiger partial charge < -0.3 is 5.32 Å². The van der Waals surface area contributed by atoms with Crippen molar-refractivity contribution in [2.75, 3.05) is 10.0 Å². The van der Waals surface area contributed by atoms with Crippen molar-refractivity contribution in [3.8, 4) is 0 Å². The number of aromatic nitrogens is 2. The summed E-state index contributed by atoms with van der Waals surface area (Å²) in [5, 5.41) is 2.62. The maximum Gasteiger partial charge on any atom is 0.329 e. The Kier molecular flexibility index (Phi) is 8.55. The average molecular weight is 611 g/mol. The lowest BCUT2D eigenvalue weighted by Gasteiger charge is -2.16. The van der Waals surface area contributed by atoms with Crippen LogP contribution in [0.2, 0.25) is 0 Å². The molecule has 0 fully saturated rings. The second kappa shape index (κ2) is 11.8. The Morgan fingerprint density at radius 1 is 0.810 bits per heavy atom. The van der Waals surface area contributed by atoms with Crippen molar-refractivity contribution in [3.05, 3.63) is 116 Å². The maximum atomic E-state index is 13.3.